The van der Waals surface area contributed by atoms with Gasteiger partial charge in [-0.3, -0.25) is 0 Å². The largest absolute Gasteiger partial charge is 0.486 e. The van der Waals surface area contributed by atoms with E-state index in [1.54, 1.807) is 0 Å². The fourth-order valence-corrected chi connectivity index (χ4v) is 2.80. The second-order valence-corrected chi connectivity index (χ2v) is 5.67. The third kappa shape index (κ3) is 2.64. The molecule has 2 aromatic rings. The Balaban J connectivity index is 1.77. The number of anilines is 1. The van der Waals surface area contributed by atoms with Gasteiger partial charge in [-0.05, 0) is 29.2 Å². The molecule has 1 atom stereocenters. The molecule has 0 amide bonds. The van der Waals surface area contributed by atoms with Gasteiger partial charge in [0.1, 0.15) is 11.9 Å². The molecule has 1 aliphatic rings. The Morgan fingerprint density at radius 2 is 1.85 bits per heavy atom. The molecular formula is C18H21NO. The summed E-state index contributed by atoms with van der Waals surface area (Å²) in [7, 11) is 0. The topological polar surface area (TPSA) is 21.3 Å². The molecule has 0 bridgehead atoms. The molecule has 1 unspecified atom stereocenters. The van der Waals surface area contributed by atoms with Crippen LogP contribution in [-0.2, 0) is 6.42 Å². The van der Waals surface area contributed by atoms with Crippen molar-refractivity contribution < 1.29 is 4.74 Å². The summed E-state index contributed by atoms with van der Waals surface area (Å²) in [5.41, 5.74) is 3.92. The molecule has 0 aliphatic carbocycles. The minimum atomic E-state index is 0.199. The first kappa shape index (κ1) is 13.0. The Hall–Kier alpha value is -1.96. The van der Waals surface area contributed by atoms with E-state index in [0.717, 1.165) is 24.4 Å². The Morgan fingerprint density at radius 3 is 2.70 bits per heavy atom. The zero-order valence-electron chi connectivity index (χ0n) is 12.1. The van der Waals surface area contributed by atoms with E-state index in [1.807, 2.05) is 18.2 Å². The number of hydrogen-bond acceptors (Lipinski definition) is 2. The molecule has 0 saturated heterocycles. The lowest BCUT2D eigenvalue weighted by molar-refractivity contribution is 0.206. The predicted octanol–water partition coefficient (Wildman–Crippen LogP) is 4.23. The summed E-state index contributed by atoms with van der Waals surface area (Å²) in [5.74, 6) is 1.51. The highest BCUT2D eigenvalue weighted by Crippen LogP contribution is 2.30. The SMILES string of the molecule is CC(C)c1ccccc1CC1CNc2ccccc2O1. The van der Waals surface area contributed by atoms with Crippen LogP contribution in [0.25, 0.3) is 0 Å². The van der Waals surface area contributed by atoms with Crippen LogP contribution in [0.3, 0.4) is 0 Å². The number of nitrogens with one attached hydrogen (secondary N) is 1. The Kier molecular flexibility index (Phi) is 3.64. The van der Waals surface area contributed by atoms with E-state index < -0.39 is 0 Å². The lowest BCUT2D eigenvalue weighted by Crippen LogP contribution is -2.32. The monoisotopic (exact) mass is 267 g/mol. The summed E-state index contributed by atoms with van der Waals surface area (Å²) < 4.78 is 6.11. The highest BCUT2D eigenvalue weighted by atomic mass is 16.5. The summed E-state index contributed by atoms with van der Waals surface area (Å²) in [4.78, 5) is 0. The third-order valence-corrected chi connectivity index (χ3v) is 3.83. The highest BCUT2D eigenvalue weighted by Gasteiger charge is 2.20. The van der Waals surface area contributed by atoms with Crippen molar-refractivity contribution in [3.8, 4) is 5.75 Å². The van der Waals surface area contributed by atoms with Crippen molar-refractivity contribution >= 4 is 5.69 Å². The van der Waals surface area contributed by atoms with E-state index in [0.29, 0.717) is 5.92 Å². The van der Waals surface area contributed by atoms with E-state index in [2.05, 4.69) is 49.5 Å². The molecule has 1 heterocycles. The number of para-hydroxylation sites is 2. The van der Waals surface area contributed by atoms with Crippen molar-refractivity contribution in [3.05, 3.63) is 59.7 Å². The molecule has 3 rings (SSSR count). The number of hydrogen-bond donors (Lipinski definition) is 1. The van der Waals surface area contributed by atoms with Crippen molar-refractivity contribution in [1.82, 2.24) is 0 Å². The van der Waals surface area contributed by atoms with Gasteiger partial charge in [-0.2, -0.15) is 0 Å². The van der Waals surface area contributed by atoms with Crippen LogP contribution < -0.4 is 10.1 Å². The smallest absolute Gasteiger partial charge is 0.142 e. The number of ether oxygens (including phenoxy) is 1. The molecule has 0 saturated carbocycles. The number of benzene rings is 2. The predicted molar refractivity (Wildman–Crippen MR) is 83.6 cm³/mol. The molecule has 20 heavy (non-hydrogen) atoms. The lowest BCUT2D eigenvalue weighted by Gasteiger charge is -2.28. The Labute approximate surface area is 120 Å². The van der Waals surface area contributed by atoms with Crippen LogP contribution >= 0.6 is 0 Å². The molecule has 1 N–H and O–H groups in total. The molecule has 0 radical (unpaired) electrons. The first-order valence-electron chi connectivity index (χ1n) is 7.31. The maximum Gasteiger partial charge on any atom is 0.142 e. The molecule has 0 spiro atoms. The van der Waals surface area contributed by atoms with Crippen molar-refractivity contribution in [1.29, 1.82) is 0 Å². The lowest BCUT2D eigenvalue weighted by atomic mass is 9.93. The maximum absolute atomic E-state index is 6.11. The van der Waals surface area contributed by atoms with E-state index in [1.165, 1.54) is 11.1 Å². The quantitative estimate of drug-likeness (QED) is 0.898. The van der Waals surface area contributed by atoms with Gasteiger partial charge in [0.2, 0.25) is 0 Å². The average Bonchev–Trinajstić information content (AvgIpc) is 2.47. The van der Waals surface area contributed by atoms with Crippen molar-refractivity contribution in [2.45, 2.75) is 32.3 Å². The molecule has 2 nitrogen and oxygen atoms in total. The van der Waals surface area contributed by atoms with Gasteiger partial charge in [-0.1, -0.05) is 50.2 Å². The molecule has 0 fully saturated rings. The molecule has 2 heteroatoms. The first-order chi connectivity index (χ1) is 9.74. The summed E-state index contributed by atoms with van der Waals surface area (Å²) in [5, 5.41) is 3.46. The number of fused-ring (bicyclic) bond motifs is 1. The average molecular weight is 267 g/mol. The van der Waals surface area contributed by atoms with Gasteiger partial charge in [0.25, 0.3) is 0 Å². The van der Waals surface area contributed by atoms with Gasteiger partial charge in [0.15, 0.2) is 0 Å². The first-order valence-corrected chi connectivity index (χ1v) is 7.31. The van der Waals surface area contributed by atoms with Crippen LogP contribution in [-0.4, -0.2) is 12.6 Å². The van der Waals surface area contributed by atoms with E-state index in [-0.39, 0.29) is 6.10 Å². The second kappa shape index (κ2) is 5.58. The summed E-state index contributed by atoms with van der Waals surface area (Å²) in [6, 6.07) is 16.8. The summed E-state index contributed by atoms with van der Waals surface area (Å²) >= 11 is 0. The fourth-order valence-electron chi connectivity index (χ4n) is 2.80. The standard InChI is InChI=1S/C18H21NO/c1-13(2)16-8-4-3-7-14(16)11-15-12-19-17-9-5-6-10-18(17)20-15/h3-10,13,15,19H,11-12H2,1-2H3. The van der Waals surface area contributed by atoms with Crippen LogP contribution in [0.5, 0.6) is 5.75 Å². The summed E-state index contributed by atoms with van der Waals surface area (Å²) in [6.07, 6.45) is 1.15. The summed E-state index contributed by atoms with van der Waals surface area (Å²) in [6.45, 7) is 5.35. The third-order valence-electron chi connectivity index (χ3n) is 3.83. The maximum atomic E-state index is 6.11. The van der Waals surface area contributed by atoms with Crippen LogP contribution in [0.1, 0.15) is 30.9 Å². The minimum absolute atomic E-state index is 0.199. The van der Waals surface area contributed by atoms with Gasteiger partial charge in [0.05, 0.1) is 12.2 Å². The molecular weight excluding hydrogens is 246 g/mol. The zero-order valence-corrected chi connectivity index (χ0v) is 12.1. The fraction of sp³-hybridized carbons (Fsp3) is 0.333. The normalized spacial score (nSPS) is 17.2. The molecule has 0 aromatic heterocycles. The molecule has 2 aromatic carbocycles. The highest BCUT2D eigenvalue weighted by molar-refractivity contribution is 5.57. The van der Waals surface area contributed by atoms with Crippen LogP contribution in [0.15, 0.2) is 48.5 Å². The Morgan fingerprint density at radius 1 is 1.10 bits per heavy atom. The van der Waals surface area contributed by atoms with Crippen LogP contribution in [0.2, 0.25) is 0 Å². The van der Waals surface area contributed by atoms with Crippen molar-refractivity contribution in [2.75, 3.05) is 11.9 Å². The van der Waals surface area contributed by atoms with Gasteiger partial charge >= 0.3 is 0 Å². The van der Waals surface area contributed by atoms with E-state index in [4.69, 9.17) is 4.74 Å². The van der Waals surface area contributed by atoms with Crippen molar-refractivity contribution in [3.63, 3.8) is 0 Å². The van der Waals surface area contributed by atoms with Gasteiger partial charge in [-0.25, -0.2) is 0 Å². The number of rotatable bonds is 3. The van der Waals surface area contributed by atoms with Crippen LogP contribution in [0.4, 0.5) is 5.69 Å². The van der Waals surface area contributed by atoms with Crippen molar-refractivity contribution in [2.24, 2.45) is 0 Å². The molecule has 1 aliphatic heterocycles. The molecule has 104 valence electrons. The second-order valence-electron chi connectivity index (χ2n) is 5.67. The van der Waals surface area contributed by atoms with Gasteiger partial charge in [-0.15, -0.1) is 0 Å². The van der Waals surface area contributed by atoms with Crippen LogP contribution in [0, 0.1) is 0 Å². The minimum Gasteiger partial charge on any atom is -0.486 e. The van der Waals surface area contributed by atoms with E-state index >= 15 is 0 Å². The Bertz CT molecular complexity index is 591. The van der Waals surface area contributed by atoms with Gasteiger partial charge in [0, 0.05) is 6.42 Å². The zero-order chi connectivity index (χ0) is 13.9. The van der Waals surface area contributed by atoms with Gasteiger partial charge < -0.3 is 10.1 Å². The van der Waals surface area contributed by atoms with E-state index in [9.17, 15) is 0 Å².